The molecule has 2 aliphatic heterocycles. The summed E-state index contributed by atoms with van der Waals surface area (Å²) in [5.41, 5.74) is 6.80. The van der Waals surface area contributed by atoms with Crippen molar-refractivity contribution in [3.05, 3.63) is 53.1 Å². The predicted octanol–water partition coefficient (Wildman–Crippen LogP) is 3.94. The number of hydrogen-bond acceptors (Lipinski definition) is 2. The zero-order chi connectivity index (χ0) is 15.4. The van der Waals surface area contributed by atoms with Crippen LogP contribution in [0.25, 0.3) is 33.2 Å². The van der Waals surface area contributed by atoms with Gasteiger partial charge in [0.05, 0.1) is 12.1 Å². The van der Waals surface area contributed by atoms with Gasteiger partial charge in [-0.05, 0) is 49.2 Å². The van der Waals surface area contributed by atoms with E-state index in [9.17, 15) is 5.11 Å². The molecule has 0 saturated carbocycles. The first kappa shape index (κ1) is 13.3. The van der Waals surface area contributed by atoms with E-state index in [1.54, 1.807) is 0 Å². The number of pyridine rings is 1. The lowest BCUT2D eigenvalue weighted by Gasteiger charge is -2.15. The lowest BCUT2D eigenvalue weighted by molar-refractivity contribution is 0.282. The van der Waals surface area contributed by atoms with Crippen molar-refractivity contribution in [1.82, 2.24) is 9.55 Å². The maximum absolute atomic E-state index is 9.41. The van der Waals surface area contributed by atoms with Crippen LogP contribution in [0.4, 0.5) is 0 Å². The third kappa shape index (κ3) is 1.69. The van der Waals surface area contributed by atoms with Gasteiger partial charge in [-0.2, -0.15) is 0 Å². The van der Waals surface area contributed by atoms with E-state index >= 15 is 0 Å². The molecule has 0 bridgehead atoms. The van der Waals surface area contributed by atoms with E-state index in [0.29, 0.717) is 0 Å². The van der Waals surface area contributed by atoms with Crippen LogP contribution in [0, 0.1) is 13.8 Å². The van der Waals surface area contributed by atoms with E-state index in [2.05, 4.69) is 49.7 Å². The minimum atomic E-state index is 0.0560. The van der Waals surface area contributed by atoms with Crippen LogP contribution in [0.3, 0.4) is 0 Å². The van der Waals surface area contributed by atoms with E-state index in [-0.39, 0.29) is 6.61 Å². The molecule has 4 rings (SSSR count). The Morgan fingerprint density at radius 3 is 2.64 bits per heavy atom. The number of fused-ring (bicyclic) bond motifs is 4. The fourth-order valence-electron chi connectivity index (χ4n) is 3.37. The smallest absolute Gasteiger partial charge is 0.141 e. The Morgan fingerprint density at radius 2 is 1.86 bits per heavy atom. The van der Waals surface area contributed by atoms with E-state index in [4.69, 9.17) is 4.98 Å². The molecule has 1 N–H and O–H groups in total. The Labute approximate surface area is 129 Å². The molecule has 2 aliphatic rings. The molecule has 2 heterocycles. The molecule has 0 aliphatic carbocycles. The fourth-order valence-corrected chi connectivity index (χ4v) is 3.37. The van der Waals surface area contributed by atoms with Gasteiger partial charge in [-0.15, -0.1) is 0 Å². The molecule has 2 aromatic rings. The van der Waals surface area contributed by atoms with Crippen LogP contribution in [-0.2, 0) is 13.7 Å². The number of aliphatic hydroxyl groups is 1. The maximum atomic E-state index is 9.41. The molecule has 110 valence electrons. The molecular weight excluding hydrogens is 272 g/mol. The summed E-state index contributed by atoms with van der Waals surface area (Å²) in [5.74, 6) is 0.999. The fraction of sp³-hybridized carbons (Fsp3) is 0.211. The second-order valence-electron chi connectivity index (χ2n) is 6.02. The Morgan fingerprint density at radius 1 is 1.05 bits per heavy atom. The Hall–Kier alpha value is -2.39. The van der Waals surface area contributed by atoms with E-state index in [1.165, 1.54) is 27.6 Å². The molecule has 2 aromatic carbocycles. The van der Waals surface area contributed by atoms with Crippen LogP contribution < -0.4 is 0 Å². The molecule has 0 amide bonds. The van der Waals surface area contributed by atoms with Gasteiger partial charge in [-0.1, -0.05) is 17.7 Å². The average molecular weight is 290 g/mol. The van der Waals surface area contributed by atoms with Gasteiger partial charge < -0.3 is 9.67 Å². The zero-order valence-corrected chi connectivity index (χ0v) is 13.0. The number of rotatable bonds is 1. The Balaban J connectivity index is 2.24. The van der Waals surface area contributed by atoms with E-state index in [1.807, 2.05) is 12.1 Å². The van der Waals surface area contributed by atoms with Gasteiger partial charge in [0.1, 0.15) is 5.82 Å². The van der Waals surface area contributed by atoms with Gasteiger partial charge in [-0.25, -0.2) is 4.98 Å². The van der Waals surface area contributed by atoms with Crippen LogP contribution >= 0.6 is 0 Å². The highest BCUT2D eigenvalue weighted by Crippen LogP contribution is 2.38. The van der Waals surface area contributed by atoms with Crippen molar-refractivity contribution in [2.75, 3.05) is 0 Å². The third-order valence-corrected chi connectivity index (χ3v) is 4.57. The first-order chi connectivity index (χ1) is 10.6. The minimum Gasteiger partial charge on any atom is -0.392 e. The highest BCUT2D eigenvalue weighted by Gasteiger charge is 2.20. The summed E-state index contributed by atoms with van der Waals surface area (Å²) in [6.07, 6.45) is 0. The van der Waals surface area contributed by atoms with Crippen LogP contribution in [-0.4, -0.2) is 14.7 Å². The summed E-state index contributed by atoms with van der Waals surface area (Å²) in [6.45, 7) is 4.34. The van der Waals surface area contributed by atoms with Gasteiger partial charge >= 0.3 is 0 Å². The molecule has 0 saturated heterocycles. The first-order valence-corrected chi connectivity index (χ1v) is 7.49. The monoisotopic (exact) mass is 290 g/mol. The Kier molecular flexibility index (Phi) is 2.75. The molecule has 0 spiro atoms. The quantitative estimate of drug-likeness (QED) is 0.576. The largest absolute Gasteiger partial charge is 0.392 e. The molecular formula is C19H18N2O. The van der Waals surface area contributed by atoms with Crippen LogP contribution in [0.15, 0.2) is 36.4 Å². The van der Waals surface area contributed by atoms with Crippen LogP contribution in [0.5, 0.6) is 0 Å². The topological polar surface area (TPSA) is 38.1 Å². The molecule has 0 fully saturated rings. The number of aliphatic hydroxyl groups excluding tert-OH is 1. The molecule has 0 unspecified atom stereocenters. The highest BCUT2D eigenvalue weighted by molar-refractivity contribution is 6.03. The van der Waals surface area contributed by atoms with Crippen molar-refractivity contribution in [2.24, 2.45) is 7.05 Å². The number of hydrogen-bond donors (Lipinski definition) is 1. The standard InChI is InChI=1S/C19H18N2O/c1-11-4-7-17-14(8-11)12(2)18-15-9-13(10-22)5-6-16(15)20-19(18)21(17)3/h4-9,22H,10H2,1-3H3. The lowest BCUT2D eigenvalue weighted by Crippen LogP contribution is -2.02. The third-order valence-electron chi connectivity index (χ3n) is 4.57. The van der Waals surface area contributed by atoms with Crippen molar-refractivity contribution in [3.8, 4) is 11.4 Å². The van der Waals surface area contributed by atoms with Gasteiger partial charge in [0.15, 0.2) is 0 Å². The van der Waals surface area contributed by atoms with E-state index in [0.717, 1.165) is 22.3 Å². The highest BCUT2D eigenvalue weighted by atomic mass is 16.3. The number of aryl methyl sites for hydroxylation is 3. The van der Waals surface area contributed by atoms with Crippen LogP contribution in [0.2, 0.25) is 0 Å². The van der Waals surface area contributed by atoms with Gasteiger partial charge in [-0.3, -0.25) is 0 Å². The molecule has 3 heteroatoms. The van der Waals surface area contributed by atoms with Gasteiger partial charge in [0.2, 0.25) is 0 Å². The number of benzene rings is 2. The molecule has 0 radical (unpaired) electrons. The second-order valence-corrected chi connectivity index (χ2v) is 6.02. The van der Waals surface area contributed by atoms with Crippen LogP contribution in [0.1, 0.15) is 16.7 Å². The molecule has 0 atom stereocenters. The summed E-state index contributed by atoms with van der Waals surface area (Å²) in [5, 5.41) is 11.8. The maximum Gasteiger partial charge on any atom is 0.141 e. The van der Waals surface area contributed by atoms with Gasteiger partial charge in [0.25, 0.3) is 0 Å². The van der Waals surface area contributed by atoms with Gasteiger partial charge in [0, 0.05) is 28.9 Å². The normalized spacial score (nSPS) is 11.8. The summed E-state index contributed by atoms with van der Waals surface area (Å²) in [7, 11) is 2.07. The Bertz CT molecular complexity index is 998. The van der Waals surface area contributed by atoms with Crippen molar-refractivity contribution in [1.29, 1.82) is 0 Å². The summed E-state index contributed by atoms with van der Waals surface area (Å²) in [6, 6.07) is 12.5. The summed E-state index contributed by atoms with van der Waals surface area (Å²) < 4.78 is 2.16. The second kappa shape index (κ2) is 4.55. The van der Waals surface area contributed by atoms with Crippen molar-refractivity contribution in [3.63, 3.8) is 0 Å². The SMILES string of the molecule is Cc1ccc2c(c1)c(C)c1c3cc(CO)ccc3nc-1n2C. The van der Waals surface area contributed by atoms with Crippen molar-refractivity contribution in [2.45, 2.75) is 20.5 Å². The molecule has 3 nitrogen and oxygen atoms in total. The van der Waals surface area contributed by atoms with Crippen molar-refractivity contribution >= 4 is 21.8 Å². The minimum absolute atomic E-state index is 0.0560. The first-order valence-electron chi connectivity index (χ1n) is 7.49. The molecule has 0 aromatic heterocycles. The van der Waals surface area contributed by atoms with E-state index < -0.39 is 0 Å². The average Bonchev–Trinajstić information content (AvgIpc) is 2.91. The summed E-state index contributed by atoms with van der Waals surface area (Å²) >= 11 is 0. The predicted molar refractivity (Wildman–Crippen MR) is 90.2 cm³/mol. The van der Waals surface area contributed by atoms with Crippen molar-refractivity contribution < 1.29 is 5.11 Å². The zero-order valence-electron chi connectivity index (χ0n) is 13.0. The summed E-state index contributed by atoms with van der Waals surface area (Å²) in [4.78, 5) is 4.80. The molecule has 22 heavy (non-hydrogen) atoms. The number of aromatic nitrogens is 2. The number of nitrogens with zero attached hydrogens (tertiary/aromatic N) is 2. The lowest BCUT2D eigenvalue weighted by atomic mass is 9.98.